The normalized spacial score (nSPS) is 15.5. The number of hydrogen-bond donors (Lipinski definition) is 3. The molecule has 0 spiro atoms. The van der Waals surface area contributed by atoms with E-state index < -0.39 is 18.1 Å². The average Bonchev–Trinajstić information content (AvgIpc) is 3.63. The average molecular weight is 527 g/mol. The second kappa shape index (κ2) is 11.7. The van der Waals surface area contributed by atoms with E-state index in [1.165, 1.54) is 17.5 Å². The summed E-state index contributed by atoms with van der Waals surface area (Å²) in [5.74, 6) is -0.643. The molecule has 1 aliphatic rings. The van der Waals surface area contributed by atoms with Crippen LogP contribution in [-0.2, 0) is 9.59 Å². The van der Waals surface area contributed by atoms with Crippen LogP contribution in [0.15, 0.2) is 90.6 Å². The number of hydrogen-bond acceptors (Lipinski definition) is 6. The van der Waals surface area contributed by atoms with Crippen molar-refractivity contribution in [2.75, 3.05) is 17.2 Å². The molecule has 3 N–H and O–H groups in total. The van der Waals surface area contributed by atoms with Crippen LogP contribution in [0, 0.1) is 0 Å². The van der Waals surface area contributed by atoms with Gasteiger partial charge in [-0.25, -0.2) is 9.78 Å². The van der Waals surface area contributed by atoms with Gasteiger partial charge in [-0.15, -0.1) is 11.3 Å². The molecule has 0 unspecified atom stereocenters. The van der Waals surface area contributed by atoms with Crippen molar-refractivity contribution in [1.82, 2.24) is 20.2 Å². The molecule has 4 aromatic rings. The summed E-state index contributed by atoms with van der Waals surface area (Å²) >= 11 is 1.34. The number of amides is 4. The lowest BCUT2D eigenvalue weighted by atomic mass is 10.0. The Morgan fingerprint density at radius 3 is 2.45 bits per heavy atom. The summed E-state index contributed by atoms with van der Waals surface area (Å²) in [4.78, 5) is 49.9. The van der Waals surface area contributed by atoms with E-state index in [0.717, 1.165) is 11.3 Å². The van der Waals surface area contributed by atoms with E-state index in [1.54, 1.807) is 47.5 Å². The van der Waals surface area contributed by atoms with Gasteiger partial charge in [-0.05, 0) is 30.5 Å². The van der Waals surface area contributed by atoms with Crippen LogP contribution in [0.4, 0.5) is 15.6 Å². The zero-order valence-corrected chi connectivity index (χ0v) is 21.2. The lowest BCUT2D eigenvalue weighted by Crippen LogP contribution is -2.49. The Balaban J connectivity index is 1.30. The van der Waals surface area contributed by atoms with Gasteiger partial charge in [-0.2, -0.15) is 0 Å². The fourth-order valence-corrected chi connectivity index (χ4v) is 5.12. The first kappa shape index (κ1) is 25.1. The number of anilines is 2. The van der Waals surface area contributed by atoms with Gasteiger partial charge in [-0.1, -0.05) is 60.7 Å². The lowest BCUT2D eigenvalue weighted by molar-refractivity contribution is -0.138. The molecule has 3 heterocycles. The number of nitrogens with one attached hydrogen (secondary N) is 3. The number of rotatable bonds is 7. The number of aromatic nitrogens is 2. The van der Waals surface area contributed by atoms with Crippen molar-refractivity contribution in [3.63, 3.8) is 0 Å². The highest BCUT2D eigenvalue weighted by Crippen LogP contribution is 2.28. The van der Waals surface area contributed by atoms with Crippen LogP contribution in [0.3, 0.4) is 0 Å². The molecule has 2 aromatic heterocycles. The van der Waals surface area contributed by atoms with Gasteiger partial charge in [0, 0.05) is 23.7 Å². The van der Waals surface area contributed by atoms with E-state index in [1.807, 2.05) is 41.8 Å². The van der Waals surface area contributed by atoms with E-state index in [0.29, 0.717) is 35.8 Å². The molecular weight excluding hydrogens is 500 g/mol. The third kappa shape index (κ3) is 5.87. The van der Waals surface area contributed by atoms with Crippen LogP contribution in [0.1, 0.15) is 24.4 Å². The maximum Gasteiger partial charge on any atom is 0.320 e. The summed E-state index contributed by atoms with van der Waals surface area (Å²) in [6.07, 6.45) is 4.33. The molecule has 9 nitrogen and oxygen atoms in total. The Morgan fingerprint density at radius 1 is 0.947 bits per heavy atom. The van der Waals surface area contributed by atoms with E-state index in [2.05, 4.69) is 25.9 Å². The number of urea groups is 1. The first-order valence-electron chi connectivity index (χ1n) is 12.2. The molecule has 4 amide bonds. The van der Waals surface area contributed by atoms with Crippen LogP contribution in [-0.4, -0.2) is 45.3 Å². The topological polar surface area (TPSA) is 116 Å². The molecule has 1 aliphatic heterocycles. The number of carbonyl (C=O) groups is 3. The van der Waals surface area contributed by atoms with Crippen LogP contribution in [0.5, 0.6) is 0 Å². The molecule has 0 bridgehead atoms. The van der Waals surface area contributed by atoms with Crippen LogP contribution in [0.25, 0.3) is 11.3 Å². The van der Waals surface area contributed by atoms with E-state index in [9.17, 15) is 14.4 Å². The second-order valence-corrected chi connectivity index (χ2v) is 9.62. The van der Waals surface area contributed by atoms with Gasteiger partial charge >= 0.3 is 6.03 Å². The van der Waals surface area contributed by atoms with Crippen molar-refractivity contribution in [2.45, 2.75) is 24.9 Å². The van der Waals surface area contributed by atoms with Gasteiger partial charge in [0.05, 0.1) is 17.6 Å². The van der Waals surface area contributed by atoms with Gasteiger partial charge in [0.2, 0.25) is 5.91 Å². The molecule has 38 heavy (non-hydrogen) atoms. The number of benzene rings is 2. The Morgan fingerprint density at radius 2 is 1.71 bits per heavy atom. The highest BCUT2D eigenvalue weighted by molar-refractivity contribution is 7.14. The Kier molecular flexibility index (Phi) is 7.70. The van der Waals surface area contributed by atoms with Crippen molar-refractivity contribution >= 4 is 40.0 Å². The van der Waals surface area contributed by atoms with E-state index >= 15 is 0 Å². The number of nitrogens with zero attached hydrogens (tertiary/aromatic N) is 3. The minimum Gasteiger partial charge on any atom is -0.329 e. The van der Waals surface area contributed by atoms with Crippen LogP contribution in [0.2, 0.25) is 0 Å². The maximum atomic E-state index is 13.8. The van der Waals surface area contributed by atoms with Crippen LogP contribution >= 0.6 is 11.3 Å². The zero-order chi connectivity index (χ0) is 26.3. The number of carbonyl (C=O) groups excluding carboxylic acids is 3. The molecule has 1 fully saturated rings. The van der Waals surface area contributed by atoms with Gasteiger partial charge in [0.15, 0.2) is 5.13 Å². The molecule has 0 aliphatic carbocycles. The smallest absolute Gasteiger partial charge is 0.320 e. The first-order valence-corrected chi connectivity index (χ1v) is 13.1. The number of thiazole rings is 1. The summed E-state index contributed by atoms with van der Waals surface area (Å²) in [7, 11) is 0. The van der Waals surface area contributed by atoms with Crippen molar-refractivity contribution in [2.24, 2.45) is 0 Å². The Hall–Kier alpha value is -4.57. The molecule has 1 saturated heterocycles. The highest BCUT2D eigenvalue weighted by atomic mass is 32.1. The Labute approximate surface area is 223 Å². The molecule has 5 rings (SSSR count). The highest BCUT2D eigenvalue weighted by Gasteiger charge is 2.38. The summed E-state index contributed by atoms with van der Waals surface area (Å²) in [5.41, 5.74) is 2.86. The monoisotopic (exact) mass is 526 g/mol. The largest absolute Gasteiger partial charge is 0.329 e. The third-order valence-corrected chi connectivity index (χ3v) is 6.97. The summed E-state index contributed by atoms with van der Waals surface area (Å²) < 4.78 is 0. The molecule has 0 saturated carbocycles. The van der Waals surface area contributed by atoms with Crippen molar-refractivity contribution < 1.29 is 14.4 Å². The predicted molar refractivity (Wildman–Crippen MR) is 146 cm³/mol. The summed E-state index contributed by atoms with van der Waals surface area (Å²) in [5, 5.41) is 10.7. The van der Waals surface area contributed by atoms with Crippen molar-refractivity contribution in [3.8, 4) is 11.3 Å². The second-order valence-electron chi connectivity index (χ2n) is 8.77. The standard InChI is InChI=1S/C28H26N6O3S/c35-25(33-28-31-22(18-38-28)19-9-3-1-4-10-19)23-14-8-16-34(23)26(36)24(20-11-5-2-6-12-20)32-27(37)30-21-13-7-15-29-17-21/h1-7,9-13,15,17-18,23-24H,8,14,16H2,(H2,30,32,37)(H,31,33,35)/t23-,24+/m0/s1. The quantitative estimate of drug-likeness (QED) is 0.323. The van der Waals surface area contributed by atoms with Gasteiger partial charge in [0.25, 0.3) is 5.91 Å². The molecule has 2 aromatic carbocycles. The molecule has 2 atom stereocenters. The fraction of sp³-hybridized carbons (Fsp3) is 0.179. The Bertz CT molecular complexity index is 1400. The van der Waals surface area contributed by atoms with Gasteiger partial charge in [0.1, 0.15) is 12.1 Å². The van der Waals surface area contributed by atoms with E-state index in [4.69, 9.17) is 0 Å². The SMILES string of the molecule is O=C(Nc1cccnc1)N[C@@H](C(=O)N1CCC[C@H]1C(=O)Nc1nc(-c2ccccc2)cs1)c1ccccc1. The molecule has 192 valence electrons. The fourth-order valence-electron chi connectivity index (χ4n) is 4.40. The first-order chi connectivity index (χ1) is 18.6. The molecular formula is C28H26N6O3S. The van der Waals surface area contributed by atoms with Gasteiger partial charge < -0.3 is 20.9 Å². The van der Waals surface area contributed by atoms with Gasteiger partial charge in [-0.3, -0.25) is 14.6 Å². The number of pyridine rings is 1. The minimum atomic E-state index is -0.967. The summed E-state index contributed by atoms with van der Waals surface area (Å²) in [6, 6.07) is 19.9. The summed E-state index contributed by atoms with van der Waals surface area (Å²) in [6.45, 7) is 0.416. The maximum absolute atomic E-state index is 13.8. The lowest BCUT2D eigenvalue weighted by Gasteiger charge is -2.28. The molecule has 10 heteroatoms. The van der Waals surface area contributed by atoms with Crippen molar-refractivity contribution in [1.29, 1.82) is 0 Å². The van der Waals surface area contributed by atoms with Crippen molar-refractivity contribution in [3.05, 3.63) is 96.1 Å². The van der Waals surface area contributed by atoms with Crippen LogP contribution < -0.4 is 16.0 Å². The zero-order valence-electron chi connectivity index (χ0n) is 20.4. The minimum absolute atomic E-state index is 0.295. The molecule has 0 radical (unpaired) electrons. The third-order valence-electron chi connectivity index (χ3n) is 6.22. The predicted octanol–water partition coefficient (Wildman–Crippen LogP) is 4.70. The number of likely N-dealkylation sites (tertiary alicyclic amines) is 1. The van der Waals surface area contributed by atoms with E-state index in [-0.39, 0.29) is 11.8 Å².